The maximum Gasteiger partial charge on any atom is 0.441 e. The van der Waals surface area contributed by atoms with Crippen LogP contribution in [0.2, 0.25) is 0 Å². The van der Waals surface area contributed by atoms with Crippen LogP contribution in [0, 0.1) is 0 Å². The van der Waals surface area contributed by atoms with E-state index in [0.717, 1.165) is 0 Å². The van der Waals surface area contributed by atoms with Gasteiger partial charge in [0.1, 0.15) is 0 Å². The van der Waals surface area contributed by atoms with Crippen LogP contribution in [0.3, 0.4) is 0 Å². The largest absolute Gasteiger partial charge is 0.441 e. The third-order valence-corrected chi connectivity index (χ3v) is 3.27. The SMILES string of the molecule is NCCS(=O)CCSC(F)(F)F. The van der Waals surface area contributed by atoms with Gasteiger partial charge in [-0.2, -0.15) is 13.2 Å². The molecule has 0 aromatic rings. The molecule has 0 aromatic carbocycles. The van der Waals surface area contributed by atoms with Crippen LogP contribution in [0.1, 0.15) is 0 Å². The molecule has 0 aliphatic heterocycles. The first kappa shape index (κ1) is 12.2. The van der Waals surface area contributed by atoms with E-state index in [0.29, 0.717) is 0 Å². The van der Waals surface area contributed by atoms with Crippen LogP contribution >= 0.6 is 11.8 Å². The van der Waals surface area contributed by atoms with Gasteiger partial charge in [0, 0.05) is 34.6 Å². The summed E-state index contributed by atoms with van der Waals surface area (Å²) in [6.45, 7) is 0.253. The summed E-state index contributed by atoms with van der Waals surface area (Å²) in [7, 11) is -1.20. The van der Waals surface area contributed by atoms with Gasteiger partial charge in [0.05, 0.1) is 0 Å². The first-order valence-electron chi connectivity index (χ1n) is 3.21. The molecule has 0 saturated heterocycles. The molecule has 0 rings (SSSR count). The predicted molar refractivity (Wildman–Crippen MR) is 45.4 cm³/mol. The van der Waals surface area contributed by atoms with Crippen molar-refractivity contribution in [3.05, 3.63) is 0 Å². The predicted octanol–water partition coefficient (Wildman–Crippen LogP) is 0.947. The van der Waals surface area contributed by atoms with Gasteiger partial charge < -0.3 is 5.73 Å². The third-order valence-electron chi connectivity index (χ3n) is 0.922. The minimum absolute atomic E-state index is 0.0569. The number of nitrogens with two attached hydrogens (primary N) is 1. The van der Waals surface area contributed by atoms with Crippen molar-refractivity contribution in [2.45, 2.75) is 5.51 Å². The Labute approximate surface area is 75.5 Å². The van der Waals surface area contributed by atoms with E-state index in [-0.39, 0.29) is 35.6 Å². The smallest absolute Gasteiger partial charge is 0.330 e. The minimum atomic E-state index is -4.22. The van der Waals surface area contributed by atoms with Crippen molar-refractivity contribution >= 4 is 22.6 Å². The molecule has 0 saturated carbocycles. The highest BCUT2D eigenvalue weighted by atomic mass is 32.2. The van der Waals surface area contributed by atoms with E-state index in [1.807, 2.05) is 0 Å². The van der Waals surface area contributed by atoms with Crippen LogP contribution in [0.5, 0.6) is 0 Å². The average molecular weight is 221 g/mol. The van der Waals surface area contributed by atoms with Crippen molar-refractivity contribution in [3.8, 4) is 0 Å². The summed E-state index contributed by atoms with van der Waals surface area (Å²) in [6, 6.07) is 0. The highest BCUT2D eigenvalue weighted by Crippen LogP contribution is 2.29. The first-order valence-corrected chi connectivity index (χ1v) is 5.69. The molecule has 2 nitrogen and oxygen atoms in total. The maximum absolute atomic E-state index is 11.5. The van der Waals surface area contributed by atoms with Crippen molar-refractivity contribution in [1.82, 2.24) is 0 Å². The molecule has 12 heavy (non-hydrogen) atoms. The number of halogens is 3. The third kappa shape index (κ3) is 8.35. The zero-order valence-electron chi connectivity index (χ0n) is 6.26. The Hall–Kier alpha value is 0.250. The lowest BCUT2D eigenvalue weighted by Crippen LogP contribution is -2.15. The van der Waals surface area contributed by atoms with E-state index < -0.39 is 16.3 Å². The fourth-order valence-corrected chi connectivity index (χ4v) is 2.26. The van der Waals surface area contributed by atoms with Gasteiger partial charge in [-0.25, -0.2) is 0 Å². The van der Waals surface area contributed by atoms with E-state index in [4.69, 9.17) is 5.73 Å². The van der Waals surface area contributed by atoms with Gasteiger partial charge in [0.25, 0.3) is 0 Å². The molecule has 0 aliphatic carbocycles. The summed E-state index contributed by atoms with van der Waals surface area (Å²) in [5, 5.41) is 0. The van der Waals surface area contributed by atoms with Gasteiger partial charge >= 0.3 is 5.51 Å². The van der Waals surface area contributed by atoms with Gasteiger partial charge in [0.2, 0.25) is 0 Å². The van der Waals surface area contributed by atoms with E-state index in [1.165, 1.54) is 0 Å². The van der Waals surface area contributed by atoms with Gasteiger partial charge in [-0.05, 0) is 0 Å². The number of rotatable bonds is 5. The lowest BCUT2D eigenvalue weighted by atomic mass is 10.8. The Morgan fingerprint density at radius 1 is 1.33 bits per heavy atom. The zero-order chi connectivity index (χ0) is 9.61. The summed E-state index contributed by atoms with van der Waals surface area (Å²) >= 11 is -0.146. The Balaban J connectivity index is 3.37. The summed E-state index contributed by atoms with van der Waals surface area (Å²) in [4.78, 5) is 0. The molecule has 0 aromatic heterocycles. The van der Waals surface area contributed by atoms with E-state index in [9.17, 15) is 17.4 Å². The van der Waals surface area contributed by atoms with Crippen molar-refractivity contribution in [3.63, 3.8) is 0 Å². The van der Waals surface area contributed by atoms with Crippen molar-refractivity contribution in [1.29, 1.82) is 0 Å². The van der Waals surface area contributed by atoms with Crippen LogP contribution in [0.4, 0.5) is 13.2 Å². The number of hydrogen-bond acceptors (Lipinski definition) is 3. The van der Waals surface area contributed by atoms with Crippen LogP contribution in [0.15, 0.2) is 0 Å². The lowest BCUT2D eigenvalue weighted by Gasteiger charge is -2.04. The van der Waals surface area contributed by atoms with Crippen LogP contribution < -0.4 is 5.73 Å². The van der Waals surface area contributed by atoms with E-state index in [1.54, 1.807) is 0 Å². The fraction of sp³-hybridized carbons (Fsp3) is 1.00. The monoisotopic (exact) mass is 221 g/mol. The Kier molecular flexibility index (Phi) is 5.94. The second-order valence-electron chi connectivity index (χ2n) is 1.93. The van der Waals surface area contributed by atoms with Crippen molar-refractivity contribution in [2.75, 3.05) is 23.8 Å². The molecule has 0 aliphatic rings. The van der Waals surface area contributed by atoms with Gasteiger partial charge in [-0.3, -0.25) is 4.21 Å². The van der Waals surface area contributed by atoms with Gasteiger partial charge in [-0.15, -0.1) is 0 Å². The molecule has 74 valence electrons. The normalized spacial score (nSPS) is 14.7. The highest BCUT2D eigenvalue weighted by molar-refractivity contribution is 8.00. The van der Waals surface area contributed by atoms with Crippen LogP contribution in [-0.4, -0.2) is 33.5 Å². The molecule has 1 atom stereocenters. The molecule has 2 N–H and O–H groups in total. The zero-order valence-corrected chi connectivity index (χ0v) is 7.90. The van der Waals surface area contributed by atoms with E-state index in [2.05, 4.69) is 0 Å². The molecule has 0 heterocycles. The molecule has 1 unspecified atom stereocenters. The molecular weight excluding hydrogens is 211 g/mol. The Bertz CT molecular complexity index is 150. The summed E-state index contributed by atoms with van der Waals surface area (Å²) < 4.78 is 45.4. The molecule has 0 radical (unpaired) electrons. The minimum Gasteiger partial charge on any atom is -0.330 e. The van der Waals surface area contributed by atoms with E-state index >= 15 is 0 Å². The number of hydrogen-bond donors (Lipinski definition) is 1. The number of alkyl halides is 3. The molecule has 0 amide bonds. The standard InChI is InChI=1S/C5H10F3NOS2/c6-5(7,8)11-2-4-12(10)3-1-9/h1-4,9H2. The summed E-state index contributed by atoms with van der Waals surface area (Å²) in [5.41, 5.74) is 0.850. The second-order valence-corrected chi connectivity index (χ2v) is 4.79. The molecular formula is C5H10F3NOS2. The fourth-order valence-electron chi connectivity index (χ4n) is 0.484. The average Bonchev–Trinajstić information content (AvgIpc) is 1.84. The Morgan fingerprint density at radius 3 is 2.33 bits per heavy atom. The molecule has 0 bridgehead atoms. The quantitative estimate of drug-likeness (QED) is 0.751. The van der Waals surface area contributed by atoms with Crippen molar-refractivity contribution in [2.24, 2.45) is 5.73 Å². The van der Waals surface area contributed by atoms with Crippen LogP contribution in [-0.2, 0) is 10.8 Å². The summed E-state index contributed by atoms with van der Waals surface area (Å²) in [6.07, 6.45) is 0. The number of thioether (sulfide) groups is 1. The Morgan fingerprint density at radius 2 is 1.92 bits per heavy atom. The van der Waals surface area contributed by atoms with Crippen LogP contribution in [0.25, 0.3) is 0 Å². The first-order chi connectivity index (χ1) is 5.45. The molecule has 0 fully saturated rings. The van der Waals surface area contributed by atoms with Crippen molar-refractivity contribution < 1.29 is 17.4 Å². The molecule has 7 heteroatoms. The summed E-state index contributed by atoms with van der Waals surface area (Å²) in [5.74, 6) is 0.176. The van der Waals surface area contributed by atoms with Gasteiger partial charge in [0.15, 0.2) is 0 Å². The van der Waals surface area contributed by atoms with Gasteiger partial charge in [-0.1, -0.05) is 11.8 Å². The second kappa shape index (κ2) is 5.82. The lowest BCUT2D eigenvalue weighted by molar-refractivity contribution is -0.0326. The molecule has 0 spiro atoms. The maximum atomic E-state index is 11.5. The topological polar surface area (TPSA) is 43.1 Å². The highest BCUT2D eigenvalue weighted by Gasteiger charge is 2.27.